The molecule has 0 aromatic rings. The predicted molar refractivity (Wildman–Crippen MR) is 36.5 cm³/mol. The molecule has 0 aromatic carbocycles. The molecule has 0 aliphatic rings. The van der Waals surface area contributed by atoms with Gasteiger partial charge in [-0.2, -0.15) is 0 Å². The average molecular weight is 170 g/mol. The van der Waals surface area contributed by atoms with Gasteiger partial charge in [0, 0.05) is 0 Å². The molecule has 2 N–H and O–H groups in total. The summed E-state index contributed by atoms with van der Waals surface area (Å²) in [5, 5.41) is 0. The van der Waals surface area contributed by atoms with E-state index in [1.807, 2.05) is 0 Å². The van der Waals surface area contributed by atoms with Crippen molar-refractivity contribution in [1.82, 2.24) is 0 Å². The summed E-state index contributed by atoms with van der Waals surface area (Å²) in [4.78, 5) is 16.6. The molecule has 0 bridgehead atoms. The first kappa shape index (κ1) is 9.33. The number of hydrogen-bond donors (Lipinski definition) is 2. The van der Waals surface area contributed by atoms with Crippen LogP contribution in [0.3, 0.4) is 0 Å². The monoisotopic (exact) mass is 170 g/mol. The second-order valence-corrected chi connectivity index (χ2v) is 8.63. The first-order valence-corrected chi connectivity index (χ1v) is 7.41. The minimum absolute atomic E-state index is 1.71. The van der Waals surface area contributed by atoms with Gasteiger partial charge >= 0.3 is 7.82 Å². The van der Waals surface area contributed by atoms with Crippen LogP contribution in [-0.4, -0.2) is 18.1 Å². The van der Waals surface area contributed by atoms with Crippen LogP contribution in [-0.2, 0) is 8.78 Å². The first-order valence-electron chi connectivity index (χ1n) is 2.47. The molecule has 0 atom stereocenters. The molecule has 56 valence electrons. The average Bonchev–Trinajstić information content (AvgIpc) is 1.14. The van der Waals surface area contributed by atoms with Crippen molar-refractivity contribution in [3.05, 3.63) is 0 Å². The van der Waals surface area contributed by atoms with Gasteiger partial charge in [-0.25, -0.2) is 4.57 Å². The van der Waals surface area contributed by atoms with Crippen LogP contribution in [0, 0.1) is 0 Å². The Morgan fingerprint density at radius 2 is 1.67 bits per heavy atom. The zero-order valence-electron chi connectivity index (χ0n) is 5.66. The summed E-state index contributed by atoms with van der Waals surface area (Å²) >= 11 is 0. The van der Waals surface area contributed by atoms with E-state index in [-0.39, 0.29) is 0 Å². The molecular formula is C3H11O4PSi. The summed E-state index contributed by atoms with van der Waals surface area (Å²) in [6.07, 6.45) is 0. The third kappa shape index (κ3) is 8.33. The normalized spacial score (nSPS) is 13.9. The molecule has 6 heteroatoms. The molecule has 0 unspecified atom stereocenters. The van der Waals surface area contributed by atoms with Crippen molar-refractivity contribution in [2.24, 2.45) is 0 Å². The lowest BCUT2D eigenvalue weighted by Gasteiger charge is -2.16. The zero-order chi connectivity index (χ0) is 7.71. The molecule has 0 saturated heterocycles. The molecular weight excluding hydrogens is 159 g/mol. The minimum Gasteiger partial charge on any atom is -0.330 e. The van der Waals surface area contributed by atoms with Crippen molar-refractivity contribution in [2.75, 3.05) is 0 Å². The van der Waals surface area contributed by atoms with Gasteiger partial charge in [0.1, 0.15) is 0 Å². The Morgan fingerprint density at radius 3 is 1.67 bits per heavy atom. The number of phosphoric acid groups is 1. The van der Waals surface area contributed by atoms with Crippen LogP contribution < -0.4 is 0 Å². The second kappa shape index (κ2) is 2.52. The maximum absolute atomic E-state index is 10.2. The van der Waals surface area contributed by atoms with Gasteiger partial charge in [0.05, 0.1) is 0 Å². The van der Waals surface area contributed by atoms with Crippen molar-refractivity contribution in [3.63, 3.8) is 0 Å². The fraction of sp³-hybridized carbons (Fsp3) is 1.00. The van der Waals surface area contributed by atoms with Gasteiger partial charge < -0.3 is 14.0 Å². The molecule has 0 radical (unpaired) electrons. The molecule has 0 fully saturated rings. The Balaban J connectivity index is 3.90. The molecule has 0 amide bonds. The first-order chi connectivity index (χ1) is 3.71. The van der Waals surface area contributed by atoms with Gasteiger partial charge in [-0.3, -0.25) is 0 Å². The fourth-order valence-corrected chi connectivity index (χ4v) is 3.21. The van der Waals surface area contributed by atoms with Crippen LogP contribution >= 0.6 is 7.82 Å². The Bertz CT molecular complexity index is 133. The Kier molecular flexibility index (Phi) is 2.61. The van der Waals surface area contributed by atoms with Gasteiger partial charge in [0.15, 0.2) is 8.32 Å². The van der Waals surface area contributed by atoms with Crippen LogP contribution in [0.15, 0.2) is 0 Å². The smallest absolute Gasteiger partial charge is 0.330 e. The third-order valence-corrected chi connectivity index (χ3v) is 3.54. The van der Waals surface area contributed by atoms with E-state index in [1.165, 1.54) is 0 Å². The molecule has 0 saturated carbocycles. The van der Waals surface area contributed by atoms with E-state index in [9.17, 15) is 4.57 Å². The highest BCUT2D eigenvalue weighted by molar-refractivity contribution is 7.48. The van der Waals surface area contributed by atoms with E-state index in [4.69, 9.17) is 9.79 Å². The summed E-state index contributed by atoms with van der Waals surface area (Å²) in [5.41, 5.74) is 0. The topological polar surface area (TPSA) is 66.8 Å². The lowest BCUT2D eigenvalue weighted by atomic mass is 11.8. The minimum atomic E-state index is -4.23. The summed E-state index contributed by atoms with van der Waals surface area (Å²) in [7, 11) is -6.28. The maximum atomic E-state index is 10.2. The summed E-state index contributed by atoms with van der Waals surface area (Å²) < 4.78 is 14.6. The van der Waals surface area contributed by atoms with E-state index >= 15 is 0 Å². The molecule has 0 heterocycles. The van der Waals surface area contributed by atoms with Gasteiger partial charge in [0.2, 0.25) is 0 Å². The van der Waals surface area contributed by atoms with Gasteiger partial charge in [-0.1, -0.05) is 0 Å². The highest BCUT2D eigenvalue weighted by Crippen LogP contribution is 2.39. The van der Waals surface area contributed by atoms with Crippen molar-refractivity contribution < 1.29 is 18.6 Å². The van der Waals surface area contributed by atoms with Crippen LogP contribution in [0.4, 0.5) is 0 Å². The molecule has 0 aromatic heterocycles. The fourth-order valence-electron chi connectivity index (χ4n) is 0.357. The van der Waals surface area contributed by atoms with Crippen LogP contribution in [0.1, 0.15) is 0 Å². The van der Waals surface area contributed by atoms with Gasteiger partial charge in [-0.15, -0.1) is 0 Å². The van der Waals surface area contributed by atoms with E-state index in [1.54, 1.807) is 19.6 Å². The summed E-state index contributed by atoms with van der Waals surface area (Å²) in [5.74, 6) is 0. The molecule has 0 spiro atoms. The third-order valence-electron chi connectivity index (χ3n) is 0.393. The molecule has 0 rings (SSSR count). The summed E-state index contributed by atoms with van der Waals surface area (Å²) in [6.45, 7) is 5.14. The number of hydrogen-bond acceptors (Lipinski definition) is 2. The standard InChI is InChI=1S/C3H11O4PSi/c1-9(2,3)7-8(4,5)6/h1-3H3,(H2,4,5,6). The lowest BCUT2D eigenvalue weighted by molar-refractivity contribution is 0.281. The van der Waals surface area contributed by atoms with Gasteiger partial charge in [-0.05, 0) is 19.6 Å². The largest absolute Gasteiger partial charge is 0.459 e. The highest BCUT2D eigenvalue weighted by Gasteiger charge is 2.25. The lowest BCUT2D eigenvalue weighted by Crippen LogP contribution is -2.23. The zero-order valence-corrected chi connectivity index (χ0v) is 7.55. The van der Waals surface area contributed by atoms with Crippen molar-refractivity contribution in [3.8, 4) is 0 Å². The molecule has 0 aliphatic heterocycles. The molecule has 4 nitrogen and oxygen atoms in total. The van der Waals surface area contributed by atoms with Crippen LogP contribution in [0.2, 0.25) is 19.6 Å². The predicted octanol–water partition coefficient (Wildman–Crippen LogP) is 0.931. The molecule has 9 heavy (non-hydrogen) atoms. The van der Waals surface area contributed by atoms with Crippen LogP contribution in [0.25, 0.3) is 0 Å². The van der Waals surface area contributed by atoms with E-state index in [2.05, 4.69) is 4.21 Å². The quantitative estimate of drug-likeness (QED) is 0.478. The summed E-state index contributed by atoms with van der Waals surface area (Å²) in [6, 6.07) is 0. The Morgan fingerprint density at radius 1 is 1.33 bits per heavy atom. The number of rotatable bonds is 2. The molecule has 0 aliphatic carbocycles. The Labute approximate surface area is 55.2 Å². The van der Waals surface area contributed by atoms with Crippen molar-refractivity contribution in [1.29, 1.82) is 0 Å². The van der Waals surface area contributed by atoms with Crippen molar-refractivity contribution in [2.45, 2.75) is 19.6 Å². The highest BCUT2D eigenvalue weighted by atomic mass is 31.2. The van der Waals surface area contributed by atoms with Crippen LogP contribution in [0.5, 0.6) is 0 Å². The van der Waals surface area contributed by atoms with E-state index in [0.717, 1.165) is 0 Å². The van der Waals surface area contributed by atoms with E-state index in [0.29, 0.717) is 0 Å². The second-order valence-electron chi connectivity index (χ2n) is 2.69. The van der Waals surface area contributed by atoms with Gasteiger partial charge in [0.25, 0.3) is 0 Å². The Hall–Kier alpha value is 0.327. The van der Waals surface area contributed by atoms with E-state index < -0.39 is 16.1 Å². The maximum Gasteiger partial charge on any atom is 0.459 e. The van der Waals surface area contributed by atoms with Crippen molar-refractivity contribution >= 4 is 16.1 Å². The SMILES string of the molecule is C[Si](C)(C)OP(=O)(O)O.